The lowest BCUT2D eigenvalue weighted by molar-refractivity contribution is 0.0558. The van der Waals surface area contributed by atoms with Crippen LogP contribution < -0.4 is 5.73 Å². The zero-order valence-electron chi connectivity index (χ0n) is 9.77. The molecular formula is C11H24N2O. The average Bonchev–Trinajstić information content (AvgIpc) is 2.43. The summed E-state index contributed by atoms with van der Waals surface area (Å²) in [5.41, 5.74) is 5.48. The van der Waals surface area contributed by atoms with Crippen molar-refractivity contribution in [3.05, 3.63) is 0 Å². The highest BCUT2D eigenvalue weighted by Gasteiger charge is 2.37. The van der Waals surface area contributed by atoms with Crippen molar-refractivity contribution in [2.24, 2.45) is 17.6 Å². The van der Waals surface area contributed by atoms with E-state index < -0.39 is 6.10 Å². The van der Waals surface area contributed by atoms with Crippen LogP contribution in [0.15, 0.2) is 0 Å². The molecule has 1 heterocycles. The summed E-state index contributed by atoms with van der Waals surface area (Å²) in [5.74, 6) is 1.43. The first-order chi connectivity index (χ1) is 6.49. The average molecular weight is 200 g/mol. The second-order valence-electron chi connectivity index (χ2n) is 4.82. The van der Waals surface area contributed by atoms with Crippen molar-refractivity contribution in [1.29, 1.82) is 0 Å². The number of hydrogen-bond acceptors (Lipinski definition) is 3. The Bertz CT molecular complexity index is 186. The second kappa shape index (κ2) is 4.60. The molecule has 1 aliphatic heterocycles. The van der Waals surface area contributed by atoms with E-state index in [-0.39, 0.29) is 6.04 Å². The molecule has 14 heavy (non-hydrogen) atoms. The second-order valence-corrected chi connectivity index (χ2v) is 4.82. The van der Waals surface area contributed by atoms with Crippen LogP contribution in [0.25, 0.3) is 0 Å². The van der Waals surface area contributed by atoms with Gasteiger partial charge < -0.3 is 10.8 Å². The maximum Gasteiger partial charge on any atom is 0.0814 e. The van der Waals surface area contributed by atoms with E-state index in [0.29, 0.717) is 18.5 Å². The minimum absolute atomic E-state index is 0.183. The van der Waals surface area contributed by atoms with Crippen molar-refractivity contribution in [2.45, 2.75) is 45.9 Å². The Morgan fingerprint density at radius 1 is 1.43 bits per heavy atom. The number of nitrogens with two attached hydrogens (primary N) is 1. The Morgan fingerprint density at radius 2 is 2.00 bits per heavy atom. The highest BCUT2D eigenvalue weighted by molar-refractivity contribution is 4.91. The Morgan fingerprint density at radius 3 is 2.36 bits per heavy atom. The summed E-state index contributed by atoms with van der Waals surface area (Å²) < 4.78 is 0. The predicted molar refractivity (Wildman–Crippen MR) is 59.0 cm³/mol. The van der Waals surface area contributed by atoms with Gasteiger partial charge in [-0.05, 0) is 25.7 Å². The van der Waals surface area contributed by atoms with Gasteiger partial charge in [-0.25, -0.2) is 0 Å². The topological polar surface area (TPSA) is 49.5 Å². The van der Waals surface area contributed by atoms with Crippen LogP contribution in [-0.2, 0) is 0 Å². The third-order valence-corrected chi connectivity index (χ3v) is 4.00. The van der Waals surface area contributed by atoms with Crippen molar-refractivity contribution in [1.82, 2.24) is 4.90 Å². The third kappa shape index (κ3) is 2.10. The number of aliphatic hydroxyl groups is 1. The summed E-state index contributed by atoms with van der Waals surface area (Å²) in [7, 11) is 0. The highest BCUT2D eigenvalue weighted by atomic mass is 16.3. The summed E-state index contributed by atoms with van der Waals surface area (Å²) in [6, 6.07) is 0.739. The molecule has 1 aliphatic rings. The van der Waals surface area contributed by atoms with Gasteiger partial charge in [0.1, 0.15) is 0 Å². The zero-order chi connectivity index (χ0) is 10.9. The fourth-order valence-corrected chi connectivity index (χ4v) is 2.40. The van der Waals surface area contributed by atoms with Crippen LogP contribution in [0.5, 0.6) is 0 Å². The Kier molecular flexibility index (Phi) is 3.93. The molecule has 0 bridgehead atoms. The summed E-state index contributed by atoms with van der Waals surface area (Å²) in [5, 5.41) is 9.71. The SMILES string of the molecule is CC1CN(C(C)C(O)CN)C(C)C1C. The lowest BCUT2D eigenvalue weighted by atomic mass is 9.95. The molecule has 0 aromatic heterocycles. The van der Waals surface area contributed by atoms with E-state index in [9.17, 15) is 5.11 Å². The van der Waals surface area contributed by atoms with E-state index in [2.05, 4.69) is 32.6 Å². The van der Waals surface area contributed by atoms with Gasteiger partial charge in [0.15, 0.2) is 0 Å². The lowest BCUT2D eigenvalue weighted by Crippen LogP contribution is -2.46. The maximum atomic E-state index is 9.71. The minimum Gasteiger partial charge on any atom is -0.390 e. The minimum atomic E-state index is -0.394. The smallest absolute Gasteiger partial charge is 0.0814 e. The Hall–Kier alpha value is -0.120. The Balaban J connectivity index is 2.61. The van der Waals surface area contributed by atoms with Crippen LogP contribution in [0.1, 0.15) is 27.7 Å². The summed E-state index contributed by atoms with van der Waals surface area (Å²) in [6.07, 6.45) is -0.394. The van der Waals surface area contributed by atoms with Gasteiger partial charge >= 0.3 is 0 Å². The fourth-order valence-electron chi connectivity index (χ4n) is 2.40. The molecule has 3 heteroatoms. The van der Waals surface area contributed by atoms with Crippen LogP contribution in [-0.4, -0.2) is 41.3 Å². The van der Waals surface area contributed by atoms with E-state index in [1.807, 2.05) is 0 Å². The number of rotatable bonds is 3. The summed E-state index contributed by atoms with van der Waals surface area (Å²) in [6.45, 7) is 10.3. The molecular weight excluding hydrogens is 176 g/mol. The van der Waals surface area contributed by atoms with E-state index >= 15 is 0 Å². The van der Waals surface area contributed by atoms with Crippen LogP contribution in [0.3, 0.4) is 0 Å². The molecule has 0 saturated carbocycles. The maximum absolute atomic E-state index is 9.71. The molecule has 0 aliphatic carbocycles. The first kappa shape index (κ1) is 12.0. The normalized spacial score (nSPS) is 38.6. The van der Waals surface area contributed by atoms with Gasteiger partial charge in [-0.1, -0.05) is 13.8 Å². The molecule has 0 aromatic carbocycles. The summed E-state index contributed by atoms with van der Waals surface area (Å²) in [4.78, 5) is 2.38. The molecule has 5 unspecified atom stereocenters. The van der Waals surface area contributed by atoms with Crippen molar-refractivity contribution in [3.63, 3.8) is 0 Å². The molecule has 0 spiro atoms. The molecule has 1 saturated heterocycles. The van der Waals surface area contributed by atoms with Gasteiger partial charge in [-0.15, -0.1) is 0 Å². The lowest BCUT2D eigenvalue weighted by Gasteiger charge is -2.32. The third-order valence-electron chi connectivity index (χ3n) is 4.00. The first-order valence-electron chi connectivity index (χ1n) is 5.62. The van der Waals surface area contributed by atoms with E-state index in [0.717, 1.165) is 12.5 Å². The predicted octanol–water partition coefficient (Wildman–Crippen LogP) is 0.671. The van der Waals surface area contributed by atoms with Crippen molar-refractivity contribution >= 4 is 0 Å². The monoisotopic (exact) mass is 200 g/mol. The molecule has 84 valence electrons. The van der Waals surface area contributed by atoms with Crippen LogP contribution in [0.4, 0.5) is 0 Å². The van der Waals surface area contributed by atoms with Crippen LogP contribution in [0, 0.1) is 11.8 Å². The standard InChI is InChI=1S/C11H24N2O/c1-7-6-13(9(3)8(7)2)10(4)11(14)5-12/h7-11,14H,5-6,12H2,1-4H3. The van der Waals surface area contributed by atoms with Gasteiger partial charge in [0.05, 0.1) is 6.10 Å². The van der Waals surface area contributed by atoms with Gasteiger partial charge in [0, 0.05) is 25.2 Å². The van der Waals surface area contributed by atoms with Crippen molar-refractivity contribution in [3.8, 4) is 0 Å². The molecule has 0 aromatic rings. The molecule has 3 nitrogen and oxygen atoms in total. The van der Waals surface area contributed by atoms with Gasteiger partial charge in [0.2, 0.25) is 0 Å². The highest BCUT2D eigenvalue weighted by Crippen LogP contribution is 2.30. The van der Waals surface area contributed by atoms with Gasteiger partial charge in [-0.3, -0.25) is 4.90 Å². The molecule has 1 rings (SSSR count). The van der Waals surface area contributed by atoms with Crippen LogP contribution >= 0.6 is 0 Å². The Labute approximate surface area is 87.3 Å². The van der Waals surface area contributed by atoms with Crippen molar-refractivity contribution in [2.75, 3.05) is 13.1 Å². The number of hydrogen-bond donors (Lipinski definition) is 2. The fraction of sp³-hybridized carbons (Fsp3) is 1.00. The molecule has 1 fully saturated rings. The molecule has 0 radical (unpaired) electrons. The zero-order valence-corrected chi connectivity index (χ0v) is 9.77. The number of likely N-dealkylation sites (tertiary alicyclic amines) is 1. The largest absolute Gasteiger partial charge is 0.390 e. The molecule has 5 atom stereocenters. The summed E-state index contributed by atoms with van der Waals surface area (Å²) >= 11 is 0. The molecule has 0 amide bonds. The van der Waals surface area contributed by atoms with Gasteiger partial charge in [0.25, 0.3) is 0 Å². The van der Waals surface area contributed by atoms with Gasteiger partial charge in [-0.2, -0.15) is 0 Å². The quantitative estimate of drug-likeness (QED) is 0.704. The van der Waals surface area contributed by atoms with E-state index in [1.165, 1.54) is 0 Å². The number of aliphatic hydroxyl groups excluding tert-OH is 1. The van der Waals surface area contributed by atoms with E-state index in [4.69, 9.17) is 5.73 Å². The number of nitrogens with zero attached hydrogens (tertiary/aromatic N) is 1. The van der Waals surface area contributed by atoms with E-state index in [1.54, 1.807) is 0 Å². The van der Waals surface area contributed by atoms with Crippen molar-refractivity contribution < 1.29 is 5.11 Å². The van der Waals surface area contributed by atoms with Crippen LogP contribution in [0.2, 0.25) is 0 Å². The molecule has 3 N–H and O–H groups in total. The first-order valence-corrected chi connectivity index (χ1v) is 5.62.